The van der Waals surface area contributed by atoms with E-state index in [1.54, 1.807) is 19.1 Å². The third kappa shape index (κ3) is 4.58. The zero-order valence-electron chi connectivity index (χ0n) is 11.5. The highest BCUT2D eigenvalue weighted by Gasteiger charge is 2.25. The number of nitrogens with two attached hydrogens (primary N) is 1. The molecule has 0 amide bonds. The van der Waals surface area contributed by atoms with Gasteiger partial charge in [0.25, 0.3) is 0 Å². The fourth-order valence-electron chi connectivity index (χ4n) is 2.08. The fraction of sp³-hybridized carbons (Fsp3) is 0.571. The lowest BCUT2D eigenvalue weighted by molar-refractivity contribution is 0.387. The fourth-order valence-corrected chi connectivity index (χ4v) is 2.95. The van der Waals surface area contributed by atoms with Gasteiger partial charge in [-0.05, 0) is 37.0 Å². The molecule has 5 heteroatoms. The molecule has 1 unspecified atom stereocenters. The highest BCUT2D eigenvalue weighted by atomic mass is 32.2. The second kappa shape index (κ2) is 6.48. The minimum Gasteiger partial charge on any atom is -0.321 e. The number of halogens is 1. The van der Waals surface area contributed by atoms with Crippen LogP contribution in [-0.4, -0.2) is 19.9 Å². The average molecular weight is 287 g/mol. The van der Waals surface area contributed by atoms with Gasteiger partial charge < -0.3 is 5.73 Å². The number of sulfone groups is 1. The number of hydrogen-bond acceptors (Lipinski definition) is 3. The van der Waals surface area contributed by atoms with Gasteiger partial charge in [-0.2, -0.15) is 0 Å². The second-order valence-electron chi connectivity index (χ2n) is 4.86. The molecule has 0 saturated carbocycles. The Morgan fingerprint density at radius 2 is 2.00 bits per heavy atom. The first kappa shape index (κ1) is 16.1. The van der Waals surface area contributed by atoms with E-state index in [-0.39, 0.29) is 17.3 Å². The Hall–Kier alpha value is -0.940. The third-order valence-electron chi connectivity index (χ3n) is 3.55. The van der Waals surface area contributed by atoms with Gasteiger partial charge in [-0.25, -0.2) is 12.8 Å². The van der Waals surface area contributed by atoms with Crippen molar-refractivity contribution in [1.29, 1.82) is 0 Å². The molecule has 0 fully saturated rings. The molecule has 19 heavy (non-hydrogen) atoms. The highest BCUT2D eigenvalue weighted by molar-refractivity contribution is 7.91. The summed E-state index contributed by atoms with van der Waals surface area (Å²) < 4.78 is 36.2. The molecule has 1 aromatic carbocycles. The Labute approximate surface area is 114 Å². The molecule has 0 heterocycles. The average Bonchev–Trinajstić information content (AvgIpc) is 2.38. The summed E-state index contributed by atoms with van der Waals surface area (Å²) in [5.41, 5.74) is 6.36. The van der Waals surface area contributed by atoms with E-state index in [4.69, 9.17) is 5.73 Å². The lowest BCUT2D eigenvalue weighted by atomic mass is 9.84. The normalized spacial score (nSPS) is 15.2. The standard InChI is InChI=1S/C14H22FNO2S/c1-3-14(16,9-6-10-19(17,18)4-2)12-7-5-8-13(15)11-12/h5,7-8,11H,3-4,6,9-10,16H2,1-2H3. The van der Waals surface area contributed by atoms with Gasteiger partial charge in [-0.3, -0.25) is 0 Å². The van der Waals surface area contributed by atoms with Crippen LogP contribution in [0.5, 0.6) is 0 Å². The van der Waals surface area contributed by atoms with Crippen LogP contribution < -0.4 is 5.73 Å². The van der Waals surface area contributed by atoms with E-state index in [1.807, 2.05) is 6.92 Å². The van der Waals surface area contributed by atoms with E-state index >= 15 is 0 Å². The summed E-state index contributed by atoms with van der Waals surface area (Å²) in [5.74, 6) is -0.0315. The van der Waals surface area contributed by atoms with Crippen LogP contribution in [-0.2, 0) is 15.4 Å². The first-order chi connectivity index (χ1) is 8.83. The van der Waals surface area contributed by atoms with Gasteiger partial charge in [0.15, 0.2) is 0 Å². The van der Waals surface area contributed by atoms with E-state index in [9.17, 15) is 12.8 Å². The topological polar surface area (TPSA) is 60.2 Å². The first-order valence-corrected chi connectivity index (χ1v) is 8.40. The highest BCUT2D eigenvalue weighted by Crippen LogP contribution is 2.28. The van der Waals surface area contributed by atoms with Crippen LogP contribution in [0.15, 0.2) is 24.3 Å². The first-order valence-electron chi connectivity index (χ1n) is 6.58. The number of benzene rings is 1. The third-order valence-corrected chi connectivity index (χ3v) is 5.34. The summed E-state index contributed by atoms with van der Waals surface area (Å²) in [7, 11) is -2.97. The van der Waals surface area contributed by atoms with Gasteiger partial charge in [0, 0.05) is 11.3 Å². The van der Waals surface area contributed by atoms with Crippen molar-refractivity contribution in [3.05, 3.63) is 35.6 Å². The largest absolute Gasteiger partial charge is 0.321 e. The van der Waals surface area contributed by atoms with Crippen LogP contribution in [0.2, 0.25) is 0 Å². The van der Waals surface area contributed by atoms with Crippen molar-refractivity contribution < 1.29 is 12.8 Å². The molecular weight excluding hydrogens is 265 g/mol. The van der Waals surface area contributed by atoms with E-state index in [2.05, 4.69) is 0 Å². The van der Waals surface area contributed by atoms with Crippen LogP contribution in [0.3, 0.4) is 0 Å². The van der Waals surface area contributed by atoms with E-state index < -0.39 is 15.4 Å². The maximum atomic E-state index is 13.2. The molecular formula is C14H22FNO2S. The lowest BCUT2D eigenvalue weighted by Gasteiger charge is -2.29. The molecule has 0 spiro atoms. The summed E-state index contributed by atoms with van der Waals surface area (Å²) in [6.45, 7) is 3.57. The SMILES string of the molecule is CCC(N)(CCCS(=O)(=O)CC)c1cccc(F)c1. The minimum atomic E-state index is -2.97. The zero-order valence-corrected chi connectivity index (χ0v) is 12.3. The number of rotatable bonds is 7. The van der Waals surface area contributed by atoms with Crippen molar-refractivity contribution in [3.8, 4) is 0 Å². The zero-order chi connectivity index (χ0) is 14.5. The van der Waals surface area contributed by atoms with Crippen molar-refractivity contribution in [2.75, 3.05) is 11.5 Å². The summed E-state index contributed by atoms with van der Waals surface area (Å²) >= 11 is 0. The van der Waals surface area contributed by atoms with Crippen LogP contribution in [0, 0.1) is 5.82 Å². The predicted molar refractivity (Wildman–Crippen MR) is 76.1 cm³/mol. The number of hydrogen-bond donors (Lipinski definition) is 1. The van der Waals surface area contributed by atoms with Crippen LogP contribution in [0.25, 0.3) is 0 Å². The Balaban J connectivity index is 2.76. The Kier molecular flexibility index (Phi) is 5.50. The second-order valence-corrected chi connectivity index (χ2v) is 7.33. The van der Waals surface area contributed by atoms with Crippen LogP contribution >= 0.6 is 0 Å². The molecule has 0 bridgehead atoms. The van der Waals surface area contributed by atoms with Gasteiger partial charge in [0.2, 0.25) is 0 Å². The summed E-state index contributed by atoms with van der Waals surface area (Å²) in [6, 6.07) is 6.23. The summed E-state index contributed by atoms with van der Waals surface area (Å²) in [4.78, 5) is 0. The van der Waals surface area contributed by atoms with Crippen LogP contribution in [0.1, 0.15) is 38.7 Å². The van der Waals surface area contributed by atoms with Gasteiger partial charge in [0.1, 0.15) is 15.7 Å². The van der Waals surface area contributed by atoms with Crippen LogP contribution in [0.4, 0.5) is 4.39 Å². The Morgan fingerprint density at radius 1 is 1.32 bits per heavy atom. The van der Waals surface area contributed by atoms with E-state index in [0.29, 0.717) is 19.3 Å². The van der Waals surface area contributed by atoms with Crippen molar-refractivity contribution in [3.63, 3.8) is 0 Å². The summed E-state index contributed by atoms with van der Waals surface area (Å²) in [6.07, 6.45) is 1.67. The molecule has 1 rings (SSSR count). The molecule has 108 valence electrons. The molecule has 0 saturated heterocycles. The molecule has 2 N–H and O–H groups in total. The van der Waals surface area contributed by atoms with Crippen molar-refractivity contribution in [1.82, 2.24) is 0 Å². The maximum Gasteiger partial charge on any atom is 0.150 e. The van der Waals surface area contributed by atoms with Gasteiger partial charge in [0.05, 0.1) is 5.75 Å². The Bertz CT molecular complexity index is 516. The molecule has 1 atom stereocenters. The molecule has 0 aliphatic rings. The quantitative estimate of drug-likeness (QED) is 0.838. The predicted octanol–water partition coefficient (Wildman–Crippen LogP) is 2.60. The molecule has 0 aliphatic heterocycles. The van der Waals surface area contributed by atoms with Crippen molar-refractivity contribution in [2.24, 2.45) is 5.73 Å². The molecule has 0 aliphatic carbocycles. The van der Waals surface area contributed by atoms with Gasteiger partial charge in [-0.1, -0.05) is 26.0 Å². The van der Waals surface area contributed by atoms with E-state index in [0.717, 1.165) is 5.56 Å². The monoisotopic (exact) mass is 287 g/mol. The molecule has 0 aromatic heterocycles. The lowest BCUT2D eigenvalue weighted by Crippen LogP contribution is -2.36. The Morgan fingerprint density at radius 3 is 2.53 bits per heavy atom. The smallest absolute Gasteiger partial charge is 0.150 e. The summed E-state index contributed by atoms with van der Waals surface area (Å²) in [5, 5.41) is 0. The molecule has 3 nitrogen and oxygen atoms in total. The minimum absolute atomic E-state index is 0.137. The van der Waals surface area contributed by atoms with E-state index in [1.165, 1.54) is 12.1 Å². The van der Waals surface area contributed by atoms with Crippen molar-refractivity contribution in [2.45, 2.75) is 38.6 Å². The molecule has 0 radical (unpaired) electrons. The molecule has 1 aromatic rings. The van der Waals surface area contributed by atoms with Gasteiger partial charge in [-0.15, -0.1) is 0 Å². The van der Waals surface area contributed by atoms with Crippen molar-refractivity contribution >= 4 is 9.84 Å². The van der Waals surface area contributed by atoms with Gasteiger partial charge >= 0.3 is 0 Å². The maximum absolute atomic E-state index is 13.2.